The maximum absolute atomic E-state index is 12.0. The normalized spacial score (nSPS) is 9.96. The number of anilines is 2. The number of Topliss-reactive ketones (excluding diaryl/α,β-unsaturated/α-hetero) is 1. The number of nitrogens with zero attached hydrogens (tertiary/aromatic N) is 1. The molecule has 0 atom stereocenters. The van der Waals surface area contributed by atoms with Gasteiger partial charge in [0.2, 0.25) is 5.91 Å². The summed E-state index contributed by atoms with van der Waals surface area (Å²) in [5.74, 6) is -0.489. The number of pyridine rings is 1. The lowest BCUT2D eigenvalue weighted by molar-refractivity contribution is -0.121. The first kappa shape index (κ1) is 16.4. The van der Waals surface area contributed by atoms with Crippen molar-refractivity contribution in [3.63, 3.8) is 0 Å². The molecule has 1 aromatic heterocycles. The van der Waals surface area contributed by atoms with Crippen molar-refractivity contribution in [2.45, 2.75) is 19.8 Å². The first-order chi connectivity index (χ1) is 11.0. The zero-order valence-electron chi connectivity index (χ0n) is 12.7. The lowest BCUT2D eigenvalue weighted by Gasteiger charge is -2.07. The molecular formula is C17H17N3O3. The molecule has 2 N–H and O–H groups in total. The van der Waals surface area contributed by atoms with Crippen molar-refractivity contribution in [1.29, 1.82) is 0 Å². The van der Waals surface area contributed by atoms with Gasteiger partial charge in [-0.3, -0.25) is 14.6 Å². The van der Waals surface area contributed by atoms with E-state index in [9.17, 15) is 14.4 Å². The molecule has 0 aliphatic rings. The van der Waals surface area contributed by atoms with Crippen LogP contribution in [-0.4, -0.2) is 22.6 Å². The Morgan fingerprint density at radius 1 is 0.957 bits per heavy atom. The second-order valence-electron chi connectivity index (χ2n) is 5.02. The van der Waals surface area contributed by atoms with E-state index in [2.05, 4.69) is 15.6 Å². The molecule has 0 unspecified atom stereocenters. The third-order valence-corrected chi connectivity index (χ3v) is 3.05. The van der Waals surface area contributed by atoms with Gasteiger partial charge in [0.25, 0.3) is 5.91 Å². The minimum Gasteiger partial charge on any atom is -0.326 e. The van der Waals surface area contributed by atoms with E-state index in [0.29, 0.717) is 16.9 Å². The molecule has 23 heavy (non-hydrogen) atoms. The van der Waals surface area contributed by atoms with Crippen molar-refractivity contribution < 1.29 is 14.4 Å². The third kappa shape index (κ3) is 5.35. The lowest BCUT2D eigenvalue weighted by Crippen LogP contribution is -2.13. The fourth-order valence-corrected chi connectivity index (χ4v) is 1.85. The Balaban J connectivity index is 1.90. The second-order valence-corrected chi connectivity index (χ2v) is 5.02. The van der Waals surface area contributed by atoms with Crippen LogP contribution in [0.3, 0.4) is 0 Å². The van der Waals surface area contributed by atoms with Gasteiger partial charge in [-0.2, -0.15) is 0 Å². The smallest absolute Gasteiger partial charge is 0.257 e. The number of hydrogen-bond acceptors (Lipinski definition) is 4. The fourth-order valence-electron chi connectivity index (χ4n) is 1.85. The van der Waals surface area contributed by atoms with Crippen LogP contribution in [0, 0.1) is 0 Å². The molecule has 1 aromatic carbocycles. The predicted molar refractivity (Wildman–Crippen MR) is 87.2 cm³/mol. The molecule has 2 aromatic rings. The number of rotatable bonds is 6. The van der Waals surface area contributed by atoms with Crippen LogP contribution in [0.1, 0.15) is 30.1 Å². The molecule has 0 bridgehead atoms. The first-order valence-corrected chi connectivity index (χ1v) is 7.15. The van der Waals surface area contributed by atoms with Gasteiger partial charge in [0, 0.05) is 36.6 Å². The van der Waals surface area contributed by atoms with E-state index in [1.165, 1.54) is 13.1 Å². The van der Waals surface area contributed by atoms with Gasteiger partial charge in [0.15, 0.2) is 0 Å². The van der Waals surface area contributed by atoms with Crippen LogP contribution in [0.2, 0.25) is 0 Å². The van der Waals surface area contributed by atoms with Gasteiger partial charge < -0.3 is 15.4 Å². The van der Waals surface area contributed by atoms with Crippen LogP contribution in [0.25, 0.3) is 0 Å². The third-order valence-electron chi connectivity index (χ3n) is 3.05. The van der Waals surface area contributed by atoms with Crippen molar-refractivity contribution in [1.82, 2.24) is 4.98 Å². The molecule has 0 spiro atoms. The molecule has 1 heterocycles. The van der Waals surface area contributed by atoms with E-state index in [1.54, 1.807) is 42.6 Å². The summed E-state index contributed by atoms with van der Waals surface area (Å²) in [5, 5.41) is 5.44. The SMILES string of the molecule is CC(=O)CCC(=O)Nc1ccc(NC(=O)c2cccnc2)cc1. The zero-order valence-corrected chi connectivity index (χ0v) is 12.7. The maximum atomic E-state index is 12.0. The Labute approximate surface area is 133 Å². The molecule has 0 radical (unpaired) electrons. The molecular weight excluding hydrogens is 294 g/mol. The number of carbonyl (C=O) groups is 3. The Morgan fingerprint density at radius 2 is 1.61 bits per heavy atom. The van der Waals surface area contributed by atoms with E-state index in [4.69, 9.17) is 0 Å². The number of carbonyl (C=O) groups excluding carboxylic acids is 3. The lowest BCUT2D eigenvalue weighted by atomic mass is 10.2. The molecule has 6 nitrogen and oxygen atoms in total. The standard InChI is InChI=1S/C17H17N3O3/c1-12(21)4-9-16(22)19-14-5-7-15(8-6-14)20-17(23)13-3-2-10-18-11-13/h2-3,5-8,10-11H,4,9H2,1H3,(H,19,22)(H,20,23). The summed E-state index contributed by atoms with van der Waals surface area (Å²) in [7, 11) is 0. The fraction of sp³-hybridized carbons (Fsp3) is 0.176. The summed E-state index contributed by atoms with van der Waals surface area (Å²) in [5.41, 5.74) is 1.69. The molecule has 0 aliphatic carbocycles. The van der Waals surface area contributed by atoms with Crippen molar-refractivity contribution in [3.8, 4) is 0 Å². The van der Waals surface area contributed by atoms with Crippen molar-refractivity contribution in [3.05, 3.63) is 54.4 Å². The number of aromatic nitrogens is 1. The second kappa shape index (κ2) is 7.84. The van der Waals surface area contributed by atoms with E-state index in [0.717, 1.165) is 0 Å². The highest BCUT2D eigenvalue weighted by Crippen LogP contribution is 2.15. The average molecular weight is 311 g/mol. The average Bonchev–Trinajstić information content (AvgIpc) is 2.55. The first-order valence-electron chi connectivity index (χ1n) is 7.15. The van der Waals surface area contributed by atoms with Gasteiger partial charge in [0.1, 0.15) is 5.78 Å². The van der Waals surface area contributed by atoms with Gasteiger partial charge in [0.05, 0.1) is 5.56 Å². The van der Waals surface area contributed by atoms with Gasteiger partial charge in [-0.05, 0) is 43.3 Å². The van der Waals surface area contributed by atoms with E-state index >= 15 is 0 Å². The largest absolute Gasteiger partial charge is 0.326 e. The molecule has 2 rings (SSSR count). The summed E-state index contributed by atoms with van der Waals surface area (Å²) in [6.07, 6.45) is 3.47. The van der Waals surface area contributed by atoms with Gasteiger partial charge >= 0.3 is 0 Å². The highest BCUT2D eigenvalue weighted by molar-refractivity contribution is 6.04. The van der Waals surface area contributed by atoms with Crippen LogP contribution in [-0.2, 0) is 9.59 Å². The van der Waals surface area contributed by atoms with E-state index in [1.807, 2.05) is 0 Å². The van der Waals surface area contributed by atoms with Gasteiger partial charge in [-0.25, -0.2) is 0 Å². The number of amides is 2. The summed E-state index contributed by atoms with van der Waals surface area (Å²) >= 11 is 0. The maximum Gasteiger partial charge on any atom is 0.257 e. The Hall–Kier alpha value is -3.02. The number of nitrogens with one attached hydrogen (secondary N) is 2. The van der Waals surface area contributed by atoms with Crippen LogP contribution in [0.5, 0.6) is 0 Å². The van der Waals surface area contributed by atoms with E-state index < -0.39 is 0 Å². The minimum atomic E-state index is -0.253. The van der Waals surface area contributed by atoms with Crippen molar-refractivity contribution in [2.75, 3.05) is 10.6 Å². The topological polar surface area (TPSA) is 88.2 Å². The molecule has 2 amide bonds. The van der Waals surface area contributed by atoms with E-state index in [-0.39, 0.29) is 30.4 Å². The number of benzene rings is 1. The van der Waals surface area contributed by atoms with Gasteiger partial charge in [-0.15, -0.1) is 0 Å². The van der Waals surface area contributed by atoms with Gasteiger partial charge in [-0.1, -0.05) is 0 Å². The summed E-state index contributed by atoms with van der Waals surface area (Å²) in [6.45, 7) is 1.45. The quantitative estimate of drug-likeness (QED) is 0.858. The number of hydrogen-bond donors (Lipinski definition) is 2. The Morgan fingerprint density at radius 3 is 2.17 bits per heavy atom. The molecule has 0 aliphatic heterocycles. The predicted octanol–water partition coefficient (Wildman–Crippen LogP) is 2.64. The molecule has 0 fully saturated rings. The molecule has 0 saturated heterocycles. The molecule has 6 heteroatoms. The minimum absolute atomic E-state index is 0.0198. The zero-order chi connectivity index (χ0) is 16.7. The van der Waals surface area contributed by atoms with Crippen LogP contribution in [0.4, 0.5) is 11.4 Å². The Bertz CT molecular complexity index is 697. The molecule has 118 valence electrons. The van der Waals surface area contributed by atoms with Crippen molar-refractivity contribution in [2.24, 2.45) is 0 Å². The summed E-state index contributed by atoms with van der Waals surface area (Å²) < 4.78 is 0. The summed E-state index contributed by atoms with van der Waals surface area (Å²) in [6, 6.07) is 10.1. The number of ketones is 1. The van der Waals surface area contributed by atoms with Crippen LogP contribution in [0.15, 0.2) is 48.8 Å². The highest BCUT2D eigenvalue weighted by atomic mass is 16.2. The monoisotopic (exact) mass is 311 g/mol. The Kier molecular flexibility index (Phi) is 5.57. The van der Waals surface area contributed by atoms with Crippen LogP contribution < -0.4 is 10.6 Å². The summed E-state index contributed by atoms with van der Waals surface area (Å²) in [4.78, 5) is 38.3. The highest BCUT2D eigenvalue weighted by Gasteiger charge is 2.07. The van der Waals surface area contributed by atoms with Crippen LogP contribution >= 0.6 is 0 Å². The van der Waals surface area contributed by atoms with Crippen molar-refractivity contribution >= 4 is 29.0 Å². The molecule has 0 saturated carbocycles.